The summed E-state index contributed by atoms with van der Waals surface area (Å²) in [7, 11) is 1.50. The third-order valence-electron chi connectivity index (χ3n) is 5.20. The SMILES string of the molecule is COc1cc(C(C)=O)ccc1OCC(=O)NC1CCN(Cc2ccc(Cl)cc2)CC1. The van der Waals surface area contributed by atoms with Gasteiger partial charge in [-0.1, -0.05) is 23.7 Å². The minimum atomic E-state index is -0.163. The van der Waals surface area contributed by atoms with Crippen LogP contribution in [0.25, 0.3) is 0 Å². The number of ether oxygens (including phenoxy) is 2. The number of Topliss-reactive ketones (excluding diaryl/α,β-unsaturated/α-hetero) is 1. The van der Waals surface area contributed by atoms with Crippen molar-refractivity contribution >= 4 is 23.3 Å². The number of methoxy groups -OCH3 is 1. The number of carbonyl (C=O) groups excluding carboxylic acids is 2. The molecule has 30 heavy (non-hydrogen) atoms. The largest absolute Gasteiger partial charge is 0.493 e. The van der Waals surface area contributed by atoms with Gasteiger partial charge in [-0.15, -0.1) is 0 Å². The number of ketones is 1. The monoisotopic (exact) mass is 430 g/mol. The summed E-state index contributed by atoms with van der Waals surface area (Å²) in [5.74, 6) is 0.658. The van der Waals surface area contributed by atoms with Crippen molar-refractivity contribution in [2.75, 3.05) is 26.8 Å². The number of benzene rings is 2. The summed E-state index contributed by atoms with van der Waals surface area (Å²) in [4.78, 5) is 26.2. The van der Waals surface area contributed by atoms with E-state index in [1.54, 1.807) is 18.2 Å². The quantitative estimate of drug-likeness (QED) is 0.646. The van der Waals surface area contributed by atoms with Crippen molar-refractivity contribution in [3.8, 4) is 11.5 Å². The second kappa shape index (κ2) is 10.5. The molecule has 1 aliphatic heterocycles. The number of rotatable bonds is 8. The van der Waals surface area contributed by atoms with Gasteiger partial charge in [-0.3, -0.25) is 14.5 Å². The van der Waals surface area contributed by atoms with Crippen LogP contribution in [-0.4, -0.2) is 49.4 Å². The van der Waals surface area contributed by atoms with Crippen LogP contribution in [0.1, 0.15) is 35.7 Å². The number of likely N-dealkylation sites (tertiary alicyclic amines) is 1. The van der Waals surface area contributed by atoms with Crippen LogP contribution in [0.5, 0.6) is 11.5 Å². The molecule has 0 aromatic heterocycles. The fourth-order valence-electron chi connectivity index (χ4n) is 3.50. The summed E-state index contributed by atoms with van der Waals surface area (Å²) in [6.45, 7) is 4.13. The molecule has 1 amide bonds. The summed E-state index contributed by atoms with van der Waals surface area (Å²) in [6.07, 6.45) is 1.80. The Morgan fingerprint density at radius 1 is 1.10 bits per heavy atom. The average molecular weight is 431 g/mol. The number of piperidine rings is 1. The Hall–Kier alpha value is -2.57. The molecule has 160 valence electrons. The van der Waals surface area contributed by atoms with Crippen molar-refractivity contribution in [3.63, 3.8) is 0 Å². The lowest BCUT2D eigenvalue weighted by Crippen LogP contribution is -2.45. The lowest BCUT2D eigenvalue weighted by atomic mass is 10.0. The molecule has 1 fully saturated rings. The molecule has 0 atom stereocenters. The van der Waals surface area contributed by atoms with Crippen LogP contribution < -0.4 is 14.8 Å². The average Bonchev–Trinajstić information content (AvgIpc) is 2.75. The summed E-state index contributed by atoms with van der Waals surface area (Å²) in [5, 5.41) is 3.79. The Morgan fingerprint density at radius 3 is 2.43 bits per heavy atom. The van der Waals surface area contributed by atoms with Crippen molar-refractivity contribution < 1.29 is 19.1 Å². The van der Waals surface area contributed by atoms with Gasteiger partial charge in [-0.2, -0.15) is 0 Å². The van der Waals surface area contributed by atoms with E-state index in [-0.39, 0.29) is 24.3 Å². The number of carbonyl (C=O) groups is 2. The smallest absolute Gasteiger partial charge is 0.258 e. The van der Waals surface area contributed by atoms with Crippen LogP contribution in [0.15, 0.2) is 42.5 Å². The Labute approximate surface area is 182 Å². The van der Waals surface area contributed by atoms with Crippen LogP contribution in [0.3, 0.4) is 0 Å². The van der Waals surface area contributed by atoms with Gasteiger partial charge in [-0.25, -0.2) is 0 Å². The first-order valence-corrected chi connectivity index (χ1v) is 10.4. The van der Waals surface area contributed by atoms with Crippen molar-refractivity contribution in [3.05, 3.63) is 58.6 Å². The van der Waals surface area contributed by atoms with E-state index in [9.17, 15) is 9.59 Å². The third-order valence-corrected chi connectivity index (χ3v) is 5.45. The first kappa shape index (κ1) is 22.1. The maximum atomic E-state index is 12.3. The molecular weight excluding hydrogens is 404 g/mol. The maximum absolute atomic E-state index is 12.3. The molecule has 0 bridgehead atoms. The normalized spacial score (nSPS) is 14.9. The van der Waals surface area contributed by atoms with Gasteiger partial charge in [0, 0.05) is 36.3 Å². The van der Waals surface area contributed by atoms with Crippen molar-refractivity contribution in [2.24, 2.45) is 0 Å². The van der Waals surface area contributed by atoms with E-state index in [4.69, 9.17) is 21.1 Å². The van der Waals surface area contributed by atoms with Gasteiger partial charge in [0.1, 0.15) is 0 Å². The van der Waals surface area contributed by atoms with Crippen molar-refractivity contribution in [2.45, 2.75) is 32.4 Å². The Balaban J connectivity index is 1.43. The van der Waals surface area contributed by atoms with E-state index >= 15 is 0 Å². The minimum absolute atomic E-state index is 0.0556. The highest BCUT2D eigenvalue weighted by Gasteiger charge is 2.21. The molecule has 3 rings (SSSR count). The number of hydrogen-bond acceptors (Lipinski definition) is 5. The summed E-state index contributed by atoms with van der Waals surface area (Å²) in [6, 6.07) is 13.0. The number of halogens is 1. The molecule has 0 aliphatic carbocycles. The van der Waals surface area contributed by atoms with Gasteiger partial charge in [-0.05, 0) is 55.7 Å². The van der Waals surface area contributed by atoms with Gasteiger partial charge < -0.3 is 14.8 Å². The van der Waals surface area contributed by atoms with Gasteiger partial charge in [0.25, 0.3) is 5.91 Å². The number of hydrogen-bond donors (Lipinski definition) is 1. The Bertz CT molecular complexity index is 877. The van der Waals surface area contributed by atoms with Crippen LogP contribution in [0.2, 0.25) is 5.02 Å². The lowest BCUT2D eigenvalue weighted by Gasteiger charge is -2.32. The summed E-state index contributed by atoms with van der Waals surface area (Å²) in [5.41, 5.74) is 1.77. The highest BCUT2D eigenvalue weighted by atomic mass is 35.5. The van der Waals surface area contributed by atoms with Crippen molar-refractivity contribution in [1.82, 2.24) is 10.2 Å². The second-order valence-corrected chi connectivity index (χ2v) is 7.89. The predicted octanol–water partition coefficient (Wildman–Crippen LogP) is 3.71. The van der Waals surface area contributed by atoms with Crippen LogP contribution in [0.4, 0.5) is 0 Å². The van der Waals surface area contributed by atoms with E-state index in [0.29, 0.717) is 17.1 Å². The molecule has 1 aliphatic rings. The molecule has 0 unspecified atom stereocenters. The number of nitrogens with one attached hydrogen (secondary N) is 1. The lowest BCUT2D eigenvalue weighted by molar-refractivity contribution is -0.124. The molecule has 2 aromatic carbocycles. The van der Waals surface area contributed by atoms with Gasteiger partial charge in [0.05, 0.1) is 7.11 Å². The highest BCUT2D eigenvalue weighted by Crippen LogP contribution is 2.28. The number of nitrogens with zero attached hydrogens (tertiary/aromatic N) is 1. The Kier molecular flexibility index (Phi) is 7.71. The summed E-state index contributed by atoms with van der Waals surface area (Å²) >= 11 is 5.94. The molecule has 0 spiro atoms. The van der Waals surface area contributed by atoms with Gasteiger partial charge in [0.15, 0.2) is 23.9 Å². The molecule has 1 N–H and O–H groups in total. The second-order valence-electron chi connectivity index (χ2n) is 7.45. The van der Waals surface area contributed by atoms with E-state index in [0.717, 1.165) is 37.5 Å². The Morgan fingerprint density at radius 2 is 1.80 bits per heavy atom. The third kappa shape index (κ3) is 6.21. The van der Waals surface area contributed by atoms with E-state index < -0.39 is 0 Å². The molecular formula is C23H27ClN2O4. The zero-order valence-electron chi connectivity index (χ0n) is 17.3. The van der Waals surface area contributed by atoms with E-state index in [2.05, 4.69) is 10.2 Å². The number of amides is 1. The molecule has 2 aromatic rings. The standard InChI is InChI=1S/C23H27ClN2O4/c1-16(27)18-5-8-21(22(13-18)29-2)30-15-23(28)25-20-9-11-26(12-10-20)14-17-3-6-19(24)7-4-17/h3-8,13,20H,9-12,14-15H2,1-2H3,(H,25,28). The molecule has 1 heterocycles. The fourth-order valence-corrected chi connectivity index (χ4v) is 3.63. The first-order chi connectivity index (χ1) is 14.4. The van der Waals surface area contributed by atoms with Crippen LogP contribution in [-0.2, 0) is 11.3 Å². The zero-order valence-corrected chi connectivity index (χ0v) is 18.1. The van der Waals surface area contributed by atoms with Crippen LogP contribution in [0, 0.1) is 0 Å². The fraction of sp³-hybridized carbons (Fsp3) is 0.391. The van der Waals surface area contributed by atoms with E-state index in [1.807, 2.05) is 24.3 Å². The zero-order chi connectivity index (χ0) is 21.5. The molecule has 0 radical (unpaired) electrons. The first-order valence-electron chi connectivity index (χ1n) is 10.0. The molecule has 0 saturated carbocycles. The highest BCUT2D eigenvalue weighted by molar-refractivity contribution is 6.30. The minimum Gasteiger partial charge on any atom is -0.493 e. The molecule has 6 nitrogen and oxygen atoms in total. The van der Waals surface area contributed by atoms with E-state index in [1.165, 1.54) is 19.6 Å². The van der Waals surface area contributed by atoms with Crippen molar-refractivity contribution in [1.29, 1.82) is 0 Å². The summed E-state index contributed by atoms with van der Waals surface area (Å²) < 4.78 is 10.9. The van der Waals surface area contributed by atoms with Gasteiger partial charge >= 0.3 is 0 Å². The molecule has 1 saturated heterocycles. The van der Waals surface area contributed by atoms with Gasteiger partial charge in [0.2, 0.25) is 0 Å². The van der Waals surface area contributed by atoms with Crippen LogP contribution >= 0.6 is 11.6 Å². The predicted molar refractivity (Wildman–Crippen MR) is 116 cm³/mol. The molecule has 7 heteroatoms. The topological polar surface area (TPSA) is 67.9 Å². The maximum Gasteiger partial charge on any atom is 0.258 e.